The average Bonchev–Trinajstić information content (AvgIpc) is 3.17. The Bertz CT molecular complexity index is 835. The van der Waals surface area contributed by atoms with Gasteiger partial charge >= 0.3 is 0 Å². The van der Waals surface area contributed by atoms with Crippen LogP contribution >= 0.6 is 11.3 Å². The van der Waals surface area contributed by atoms with Gasteiger partial charge in [0.1, 0.15) is 5.82 Å². The molecule has 3 aromatic heterocycles. The molecular formula is C15H16F2N6S. The Morgan fingerprint density at radius 1 is 1.21 bits per heavy atom. The number of thiazole rings is 1. The Labute approximate surface area is 140 Å². The second-order valence-corrected chi connectivity index (χ2v) is 6.88. The number of nitrogens with zero attached hydrogens (tertiary/aromatic N) is 5. The zero-order chi connectivity index (χ0) is 16.5. The second kappa shape index (κ2) is 6.39. The zero-order valence-corrected chi connectivity index (χ0v) is 13.7. The summed E-state index contributed by atoms with van der Waals surface area (Å²) in [6.07, 6.45) is 2.79. The summed E-state index contributed by atoms with van der Waals surface area (Å²) >= 11 is 1.78. The summed E-state index contributed by atoms with van der Waals surface area (Å²) in [6, 6.07) is 3.34. The lowest BCUT2D eigenvalue weighted by Gasteiger charge is -2.06. The van der Waals surface area contributed by atoms with E-state index in [2.05, 4.69) is 20.6 Å². The highest BCUT2D eigenvalue weighted by atomic mass is 32.1. The number of hydrogen-bond acceptors (Lipinski definition) is 6. The van der Waals surface area contributed by atoms with E-state index in [0.717, 1.165) is 28.8 Å². The predicted octanol–water partition coefficient (Wildman–Crippen LogP) is 3.05. The molecular weight excluding hydrogens is 334 g/mol. The van der Waals surface area contributed by atoms with Crippen LogP contribution in [0.3, 0.4) is 0 Å². The molecule has 0 aromatic carbocycles. The van der Waals surface area contributed by atoms with Crippen LogP contribution in [-0.4, -0.2) is 31.3 Å². The van der Waals surface area contributed by atoms with Crippen LogP contribution in [0.4, 0.5) is 14.6 Å². The van der Waals surface area contributed by atoms with Crippen molar-refractivity contribution in [3.05, 3.63) is 33.5 Å². The maximum atomic E-state index is 12.9. The molecule has 1 aliphatic rings. The lowest BCUT2D eigenvalue weighted by Crippen LogP contribution is -2.09. The van der Waals surface area contributed by atoms with Gasteiger partial charge in [0, 0.05) is 17.8 Å². The van der Waals surface area contributed by atoms with Gasteiger partial charge in [-0.1, -0.05) is 0 Å². The summed E-state index contributed by atoms with van der Waals surface area (Å²) in [5, 5.41) is 15.6. The van der Waals surface area contributed by atoms with Gasteiger partial charge in [-0.2, -0.15) is 4.52 Å². The maximum absolute atomic E-state index is 12.9. The van der Waals surface area contributed by atoms with Gasteiger partial charge in [-0.25, -0.2) is 13.8 Å². The first kappa shape index (κ1) is 15.4. The van der Waals surface area contributed by atoms with E-state index in [-0.39, 0.29) is 0 Å². The van der Waals surface area contributed by atoms with Crippen molar-refractivity contribution < 1.29 is 8.78 Å². The van der Waals surface area contributed by atoms with Crippen LogP contribution in [0.15, 0.2) is 12.1 Å². The van der Waals surface area contributed by atoms with Crippen LogP contribution in [0.1, 0.15) is 40.7 Å². The summed E-state index contributed by atoms with van der Waals surface area (Å²) in [6.45, 7) is 0.650. The molecule has 0 aliphatic heterocycles. The summed E-state index contributed by atoms with van der Waals surface area (Å²) in [7, 11) is 0. The minimum absolute atomic E-state index is 0.309. The molecule has 1 aliphatic carbocycles. The Morgan fingerprint density at radius 3 is 2.92 bits per heavy atom. The number of aryl methyl sites for hydroxylation is 2. The molecule has 0 unspecified atom stereocenters. The molecule has 4 rings (SSSR count). The molecule has 1 N–H and O–H groups in total. The van der Waals surface area contributed by atoms with Crippen molar-refractivity contribution in [2.24, 2.45) is 0 Å². The van der Waals surface area contributed by atoms with Gasteiger partial charge in [0.15, 0.2) is 5.65 Å². The highest BCUT2D eigenvalue weighted by molar-refractivity contribution is 7.11. The minimum atomic E-state index is -2.70. The molecule has 3 aromatic rings. The lowest BCUT2D eigenvalue weighted by molar-refractivity contribution is 0.137. The van der Waals surface area contributed by atoms with E-state index in [1.165, 1.54) is 23.4 Å². The molecule has 0 spiro atoms. The SMILES string of the molecule is FC(F)c1nnc2ccc(NCCc3nc4c(s3)CCCC4)nn12. The fourth-order valence-corrected chi connectivity index (χ4v) is 4.00. The van der Waals surface area contributed by atoms with Gasteiger partial charge in [-0.3, -0.25) is 0 Å². The molecule has 0 radical (unpaired) electrons. The topological polar surface area (TPSA) is 68.0 Å². The first-order valence-corrected chi connectivity index (χ1v) is 8.74. The van der Waals surface area contributed by atoms with Crippen LogP contribution in [-0.2, 0) is 19.3 Å². The number of nitrogens with one attached hydrogen (secondary N) is 1. The summed E-state index contributed by atoms with van der Waals surface area (Å²) < 4.78 is 26.8. The Hall–Kier alpha value is -2.16. The maximum Gasteiger partial charge on any atom is 0.299 e. The van der Waals surface area contributed by atoms with Gasteiger partial charge in [0.2, 0.25) is 5.82 Å². The Balaban J connectivity index is 1.43. The van der Waals surface area contributed by atoms with Crippen LogP contribution in [0.2, 0.25) is 0 Å². The number of fused-ring (bicyclic) bond motifs is 2. The third-order valence-electron chi connectivity index (χ3n) is 4.02. The van der Waals surface area contributed by atoms with Crippen molar-refractivity contribution in [1.82, 2.24) is 24.8 Å². The molecule has 6 nitrogen and oxygen atoms in total. The molecule has 0 saturated heterocycles. The molecule has 24 heavy (non-hydrogen) atoms. The first-order valence-electron chi connectivity index (χ1n) is 7.92. The Kier molecular flexibility index (Phi) is 4.09. The molecule has 126 valence electrons. The number of alkyl halides is 2. The molecule has 0 fully saturated rings. The molecule has 3 heterocycles. The van der Waals surface area contributed by atoms with Crippen LogP contribution in [0, 0.1) is 0 Å². The fraction of sp³-hybridized carbons (Fsp3) is 0.467. The van der Waals surface area contributed by atoms with Gasteiger partial charge < -0.3 is 5.32 Å². The van der Waals surface area contributed by atoms with Gasteiger partial charge in [0.25, 0.3) is 6.43 Å². The van der Waals surface area contributed by atoms with Crippen molar-refractivity contribution in [3.63, 3.8) is 0 Å². The summed E-state index contributed by atoms with van der Waals surface area (Å²) in [4.78, 5) is 6.11. The largest absolute Gasteiger partial charge is 0.368 e. The van der Waals surface area contributed by atoms with E-state index in [9.17, 15) is 8.78 Å². The van der Waals surface area contributed by atoms with E-state index >= 15 is 0 Å². The van der Waals surface area contributed by atoms with Crippen LogP contribution in [0.5, 0.6) is 0 Å². The lowest BCUT2D eigenvalue weighted by atomic mass is 10.0. The van der Waals surface area contributed by atoms with E-state index in [4.69, 9.17) is 4.98 Å². The molecule has 0 bridgehead atoms. The average molecular weight is 350 g/mol. The number of hydrogen-bond donors (Lipinski definition) is 1. The molecule has 0 amide bonds. The van der Waals surface area contributed by atoms with Crippen molar-refractivity contribution in [2.75, 3.05) is 11.9 Å². The van der Waals surface area contributed by atoms with Crippen LogP contribution < -0.4 is 5.32 Å². The van der Waals surface area contributed by atoms with E-state index < -0.39 is 12.2 Å². The number of anilines is 1. The number of rotatable bonds is 5. The van der Waals surface area contributed by atoms with E-state index in [1.54, 1.807) is 23.5 Å². The second-order valence-electron chi connectivity index (χ2n) is 5.71. The highest BCUT2D eigenvalue weighted by Gasteiger charge is 2.17. The highest BCUT2D eigenvalue weighted by Crippen LogP contribution is 2.26. The van der Waals surface area contributed by atoms with Crippen molar-refractivity contribution in [1.29, 1.82) is 0 Å². The standard InChI is InChI=1S/C15H16F2N6S/c16-14(17)15-21-20-12-6-5-11(22-23(12)15)18-8-7-13-19-9-3-1-2-4-10(9)24-13/h5-6,14H,1-4,7-8H2,(H,18,22). The fourth-order valence-electron chi connectivity index (χ4n) is 2.85. The van der Waals surface area contributed by atoms with E-state index in [0.29, 0.717) is 18.0 Å². The molecule has 9 heteroatoms. The summed E-state index contributed by atoms with van der Waals surface area (Å²) in [5.74, 6) is 0.0757. The smallest absolute Gasteiger partial charge is 0.299 e. The summed E-state index contributed by atoms with van der Waals surface area (Å²) in [5.41, 5.74) is 1.57. The molecule has 0 saturated carbocycles. The third kappa shape index (κ3) is 2.95. The monoisotopic (exact) mass is 350 g/mol. The predicted molar refractivity (Wildman–Crippen MR) is 86.7 cm³/mol. The minimum Gasteiger partial charge on any atom is -0.368 e. The first-order chi connectivity index (χ1) is 11.7. The zero-order valence-electron chi connectivity index (χ0n) is 12.9. The van der Waals surface area contributed by atoms with Gasteiger partial charge in [0.05, 0.1) is 10.7 Å². The quantitative estimate of drug-likeness (QED) is 0.766. The van der Waals surface area contributed by atoms with Crippen LogP contribution in [0.25, 0.3) is 5.65 Å². The van der Waals surface area contributed by atoms with Crippen molar-refractivity contribution >= 4 is 22.8 Å². The number of aromatic nitrogens is 5. The normalized spacial score (nSPS) is 14.3. The Morgan fingerprint density at radius 2 is 2.08 bits per heavy atom. The number of halogens is 2. The van der Waals surface area contributed by atoms with Gasteiger partial charge in [-0.05, 0) is 37.8 Å². The molecule has 0 atom stereocenters. The third-order valence-corrected chi connectivity index (χ3v) is 5.23. The van der Waals surface area contributed by atoms with Crippen molar-refractivity contribution in [2.45, 2.75) is 38.5 Å². The van der Waals surface area contributed by atoms with E-state index in [1.807, 2.05) is 0 Å². The van der Waals surface area contributed by atoms with Gasteiger partial charge in [-0.15, -0.1) is 26.6 Å². The van der Waals surface area contributed by atoms with Crippen molar-refractivity contribution in [3.8, 4) is 0 Å².